The molecule has 166 valence electrons. The highest BCUT2D eigenvalue weighted by Gasteiger charge is 2.21. The van der Waals surface area contributed by atoms with E-state index in [0.717, 1.165) is 16.3 Å². The van der Waals surface area contributed by atoms with E-state index in [1.165, 1.54) is 0 Å². The summed E-state index contributed by atoms with van der Waals surface area (Å²) in [4.78, 5) is 23.7. The molecule has 3 rings (SSSR count). The van der Waals surface area contributed by atoms with Gasteiger partial charge < -0.3 is 24.6 Å². The van der Waals surface area contributed by atoms with E-state index in [0.29, 0.717) is 17.9 Å². The van der Waals surface area contributed by atoms with Gasteiger partial charge in [0.1, 0.15) is 19.0 Å². The van der Waals surface area contributed by atoms with E-state index in [2.05, 4.69) is 11.9 Å². The largest absolute Gasteiger partial charge is 0.489 e. The summed E-state index contributed by atoms with van der Waals surface area (Å²) in [6.07, 6.45) is 0.767. The second kappa shape index (κ2) is 11.5. The molecule has 1 unspecified atom stereocenters. The number of fused-ring (bicyclic) bond motifs is 1. The van der Waals surface area contributed by atoms with Crippen LogP contribution in [0.4, 0.5) is 4.79 Å². The first kappa shape index (κ1) is 22.8. The van der Waals surface area contributed by atoms with Gasteiger partial charge in [0.25, 0.3) is 0 Å². The third-order valence-corrected chi connectivity index (χ3v) is 4.63. The number of ether oxygens (including phenoxy) is 3. The van der Waals surface area contributed by atoms with Crippen molar-refractivity contribution < 1.29 is 28.9 Å². The fourth-order valence-corrected chi connectivity index (χ4v) is 3.03. The SMILES string of the molecule is C=CCOc1cc2ccccc2cc1COC(=O)NC(COCc1ccccc1)C(=O)O. The Kier molecular flexibility index (Phi) is 8.22. The van der Waals surface area contributed by atoms with Crippen LogP contribution in [-0.4, -0.2) is 36.4 Å². The Bertz CT molecular complexity index is 1070. The summed E-state index contributed by atoms with van der Waals surface area (Å²) < 4.78 is 16.4. The Balaban J connectivity index is 1.58. The van der Waals surface area contributed by atoms with E-state index < -0.39 is 18.1 Å². The molecular formula is C25H25NO6. The van der Waals surface area contributed by atoms with E-state index in [1.807, 2.05) is 66.7 Å². The van der Waals surface area contributed by atoms with Gasteiger partial charge in [-0.25, -0.2) is 9.59 Å². The molecule has 0 saturated heterocycles. The van der Waals surface area contributed by atoms with Crippen LogP contribution in [0.1, 0.15) is 11.1 Å². The molecular weight excluding hydrogens is 410 g/mol. The molecule has 0 heterocycles. The molecule has 0 fully saturated rings. The second-order valence-electron chi connectivity index (χ2n) is 7.02. The van der Waals surface area contributed by atoms with E-state index in [9.17, 15) is 14.7 Å². The summed E-state index contributed by atoms with van der Waals surface area (Å²) in [5, 5.41) is 13.7. The lowest BCUT2D eigenvalue weighted by Crippen LogP contribution is -2.44. The fourth-order valence-electron chi connectivity index (χ4n) is 3.03. The Hall–Kier alpha value is -3.84. The van der Waals surface area contributed by atoms with Gasteiger partial charge in [0.15, 0.2) is 6.04 Å². The molecule has 0 aromatic heterocycles. The van der Waals surface area contributed by atoms with Crippen LogP contribution in [0.3, 0.4) is 0 Å². The first-order chi connectivity index (χ1) is 15.6. The molecule has 0 radical (unpaired) electrons. The van der Waals surface area contributed by atoms with Gasteiger partial charge in [0.05, 0.1) is 13.2 Å². The average Bonchev–Trinajstić information content (AvgIpc) is 2.81. The zero-order chi connectivity index (χ0) is 22.8. The number of carbonyl (C=O) groups excluding carboxylic acids is 1. The number of aliphatic carboxylic acids is 1. The van der Waals surface area contributed by atoms with Gasteiger partial charge in [0, 0.05) is 5.56 Å². The number of rotatable bonds is 11. The molecule has 0 aliphatic rings. The smallest absolute Gasteiger partial charge is 0.408 e. The molecule has 7 nitrogen and oxygen atoms in total. The number of carbonyl (C=O) groups is 2. The van der Waals surface area contributed by atoms with Gasteiger partial charge in [-0.2, -0.15) is 0 Å². The topological polar surface area (TPSA) is 94.1 Å². The maximum Gasteiger partial charge on any atom is 0.408 e. The van der Waals surface area contributed by atoms with Crippen LogP contribution in [0, 0.1) is 0 Å². The maximum absolute atomic E-state index is 12.2. The standard InChI is InChI=1S/C25H25NO6/c1-2-12-31-23-14-20-11-7-6-10-19(20)13-21(23)16-32-25(29)26-22(24(27)28)17-30-15-18-8-4-3-5-9-18/h2-11,13-14,22H,1,12,15-17H2,(H,26,29)(H,27,28). The number of nitrogens with one attached hydrogen (secondary N) is 1. The predicted molar refractivity (Wildman–Crippen MR) is 120 cm³/mol. The first-order valence-corrected chi connectivity index (χ1v) is 10.1. The highest BCUT2D eigenvalue weighted by atomic mass is 16.6. The van der Waals surface area contributed by atoms with E-state index in [1.54, 1.807) is 6.08 Å². The van der Waals surface area contributed by atoms with Crippen molar-refractivity contribution in [3.05, 3.63) is 90.5 Å². The van der Waals surface area contributed by atoms with Crippen molar-refractivity contribution >= 4 is 22.8 Å². The summed E-state index contributed by atoms with van der Waals surface area (Å²) in [6.45, 7) is 3.91. The zero-order valence-corrected chi connectivity index (χ0v) is 17.5. The minimum absolute atomic E-state index is 0.0830. The number of hydrogen-bond donors (Lipinski definition) is 2. The number of carboxylic acids is 1. The molecule has 3 aromatic rings. The third kappa shape index (κ3) is 6.58. The first-order valence-electron chi connectivity index (χ1n) is 10.1. The quantitative estimate of drug-likeness (QED) is 0.436. The maximum atomic E-state index is 12.2. The molecule has 0 aliphatic heterocycles. The zero-order valence-electron chi connectivity index (χ0n) is 17.5. The van der Waals surface area contributed by atoms with E-state index >= 15 is 0 Å². The van der Waals surface area contributed by atoms with E-state index in [4.69, 9.17) is 14.2 Å². The molecule has 0 aliphatic carbocycles. The molecule has 0 saturated carbocycles. The summed E-state index contributed by atoms with van der Waals surface area (Å²) in [5.74, 6) is -0.645. The van der Waals surface area contributed by atoms with Crippen molar-refractivity contribution in [3.8, 4) is 5.75 Å². The van der Waals surface area contributed by atoms with Crippen molar-refractivity contribution in [2.75, 3.05) is 13.2 Å². The monoisotopic (exact) mass is 435 g/mol. The normalized spacial score (nSPS) is 11.5. The van der Waals surface area contributed by atoms with Crippen molar-refractivity contribution in [2.45, 2.75) is 19.3 Å². The van der Waals surface area contributed by atoms with Gasteiger partial charge >= 0.3 is 12.1 Å². The lowest BCUT2D eigenvalue weighted by molar-refractivity contribution is -0.141. The number of amides is 1. The Morgan fingerprint density at radius 1 is 1.00 bits per heavy atom. The van der Waals surface area contributed by atoms with Crippen molar-refractivity contribution in [1.29, 1.82) is 0 Å². The third-order valence-electron chi connectivity index (χ3n) is 4.63. The molecule has 2 N–H and O–H groups in total. The van der Waals surface area contributed by atoms with Crippen LogP contribution in [0.5, 0.6) is 5.75 Å². The Morgan fingerprint density at radius 3 is 2.38 bits per heavy atom. The van der Waals surface area contributed by atoms with Crippen LogP contribution in [0.15, 0.2) is 79.4 Å². The minimum Gasteiger partial charge on any atom is -0.489 e. The number of carboxylic acid groups (broad SMARTS) is 1. The van der Waals surface area contributed by atoms with Gasteiger partial charge in [-0.3, -0.25) is 0 Å². The molecule has 1 amide bonds. The average molecular weight is 435 g/mol. The fraction of sp³-hybridized carbons (Fsp3) is 0.200. The predicted octanol–water partition coefficient (Wildman–Crippen LogP) is 4.30. The molecule has 0 spiro atoms. The van der Waals surface area contributed by atoms with Crippen molar-refractivity contribution in [3.63, 3.8) is 0 Å². The van der Waals surface area contributed by atoms with Crippen LogP contribution < -0.4 is 10.1 Å². The molecule has 0 bridgehead atoms. The number of alkyl carbamates (subject to hydrolysis) is 1. The lowest BCUT2D eigenvalue weighted by atomic mass is 10.1. The van der Waals surface area contributed by atoms with Crippen molar-refractivity contribution in [1.82, 2.24) is 5.32 Å². The van der Waals surface area contributed by atoms with Crippen LogP contribution in [-0.2, 0) is 27.5 Å². The van der Waals surface area contributed by atoms with Gasteiger partial charge in [-0.15, -0.1) is 0 Å². The van der Waals surface area contributed by atoms with Crippen LogP contribution >= 0.6 is 0 Å². The van der Waals surface area contributed by atoms with Crippen molar-refractivity contribution in [2.24, 2.45) is 0 Å². The highest BCUT2D eigenvalue weighted by molar-refractivity contribution is 5.85. The molecule has 7 heteroatoms. The molecule has 3 aromatic carbocycles. The molecule has 32 heavy (non-hydrogen) atoms. The molecule has 1 atom stereocenters. The summed E-state index contributed by atoms with van der Waals surface area (Å²) in [7, 11) is 0. The Morgan fingerprint density at radius 2 is 1.69 bits per heavy atom. The van der Waals surface area contributed by atoms with Gasteiger partial charge in [0.2, 0.25) is 0 Å². The van der Waals surface area contributed by atoms with Crippen LogP contribution in [0.2, 0.25) is 0 Å². The minimum atomic E-state index is -1.24. The van der Waals surface area contributed by atoms with E-state index in [-0.39, 0.29) is 19.8 Å². The van der Waals surface area contributed by atoms with Gasteiger partial charge in [-0.05, 0) is 28.5 Å². The summed E-state index contributed by atoms with van der Waals surface area (Å²) >= 11 is 0. The van der Waals surface area contributed by atoms with Gasteiger partial charge in [-0.1, -0.05) is 67.3 Å². The summed E-state index contributed by atoms with van der Waals surface area (Å²) in [5.41, 5.74) is 1.57. The highest BCUT2D eigenvalue weighted by Crippen LogP contribution is 2.27. The second-order valence-corrected chi connectivity index (χ2v) is 7.02. The summed E-state index contributed by atoms with van der Waals surface area (Å²) in [6, 6.07) is 19.6. The van der Waals surface area contributed by atoms with Crippen LogP contribution in [0.25, 0.3) is 10.8 Å². The lowest BCUT2D eigenvalue weighted by Gasteiger charge is -2.16. The Labute approximate surface area is 186 Å². The number of benzene rings is 3. The number of hydrogen-bond acceptors (Lipinski definition) is 5.